The Morgan fingerprint density at radius 3 is 2.10 bits per heavy atom. The minimum absolute atomic E-state index is 0.0633. The van der Waals surface area contributed by atoms with E-state index in [1.54, 1.807) is 0 Å². The number of anilines is 1. The fraction of sp³-hybridized carbons (Fsp3) is 0.480. The molecule has 1 saturated heterocycles. The Balaban J connectivity index is 1.56. The number of benzene rings is 2. The van der Waals surface area contributed by atoms with Crippen LogP contribution in [0.2, 0.25) is 0 Å². The topological polar surface area (TPSA) is 26.8 Å². The molecule has 0 saturated carbocycles. The van der Waals surface area contributed by atoms with Crippen molar-refractivity contribution in [3.63, 3.8) is 0 Å². The van der Waals surface area contributed by atoms with Crippen LogP contribution in [0.3, 0.4) is 0 Å². The summed E-state index contributed by atoms with van der Waals surface area (Å²) in [5.74, 6) is 0.186. The summed E-state index contributed by atoms with van der Waals surface area (Å²) in [6.07, 6.45) is 1.63. The lowest BCUT2D eigenvalue weighted by atomic mass is 9.99. The molecule has 3 rings (SSSR count). The molecule has 0 radical (unpaired) electrons. The van der Waals surface area contributed by atoms with Gasteiger partial charge in [-0.3, -0.25) is 9.69 Å². The molecule has 4 nitrogen and oxygen atoms in total. The van der Waals surface area contributed by atoms with Gasteiger partial charge in [-0.2, -0.15) is 0 Å². The molecule has 29 heavy (non-hydrogen) atoms. The molecule has 156 valence electrons. The minimum Gasteiger partial charge on any atom is -0.311 e. The van der Waals surface area contributed by atoms with Gasteiger partial charge in [0.1, 0.15) is 0 Å². The van der Waals surface area contributed by atoms with E-state index in [4.69, 9.17) is 0 Å². The summed E-state index contributed by atoms with van der Waals surface area (Å²) in [5.41, 5.74) is 2.34. The summed E-state index contributed by atoms with van der Waals surface area (Å²) >= 11 is 0. The van der Waals surface area contributed by atoms with Gasteiger partial charge in [-0.25, -0.2) is 0 Å². The van der Waals surface area contributed by atoms with Gasteiger partial charge in [-0.05, 0) is 38.0 Å². The highest BCUT2D eigenvalue weighted by Crippen LogP contribution is 2.23. The zero-order valence-corrected chi connectivity index (χ0v) is 18.2. The van der Waals surface area contributed by atoms with Crippen LogP contribution >= 0.6 is 0 Å². The van der Waals surface area contributed by atoms with Crippen molar-refractivity contribution in [1.29, 1.82) is 0 Å². The van der Waals surface area contributed by atoms with E-state index in [9.17, 15) is 4.79 Å². The zero-order valence-electron chi connectivity index (χ0n) is 18.2. The van der Waals surface area contributed by atoms with Crippen LogP contribution in [-0.2, 0) is 11.2 Å². The number of rotatable bonds is 8. The Labute approximate surface area is 176 Å². The van der Waals surface area contributed by atoms with Gasteiger partial charge in [0.15, 0.2) is 0 Å². The summed E-state index contributed by atoms with van der Waals surface area (Å²) in [7, 11) is 0. The van der Waals surface area contributed by atoms with Crippen LogP contribution in [0, 0.1) is 0 Å². The van der Waals surface area contributed by atoms with Gasteiger partial charge in [0.05, 0.1) is 0 Å². The number of carbonyl (C=O) groups excluding carboxylic acids is 1. The predicted octanol–water partition coefficient (Wildman–Crippen LogP) is 4.07. The zero-order chi connectivity index (χ0) is 20.7. The lowest BCUT2D eigenvalue weighted by Crippen LogP contribution is -2.59. The molecule has 2 aromatic rings. The smallest absolute Gasteiger partial charge is 0.226 e. The van der Waals surface area contributed by atoms with E-state index >= 15 is 0 Å². The van der Waals surface area contributed by atoms with E-state index in [1.165, 1.54) is 5.56 Å². The van der Waals surface area contributed by atoms with Crippen LogP contribution in [-0.4, -0.2) is 60.5 Å². The molecule has 4 heteroatoms. The molecule has 0 aromatic heterocycles. The molecule has 0 bridgehead atoms. The number of carbonyl (C=O) groups is 1. The van der Waals surface area contributed by atoms with Crippen molar-refractivity contribution >= 4 is 11.6 Å². The Morgan fingerprint density at radius 1 is 0.931 bits per heavy atom. The number of piperazine rings is 1. The molecule has 1 heterocycles. The van der Waals surface area contributed by atoms with Crippen molar-refractivity contribution < 1.29 is 4.79 Å². The van der Waals surface area contributed by atoms with E-state index in [2.05, 4.69) is 54.0 Å². The van der Waals surface area contributed by atoms with Gasteiger partial charge < -0.3 is 9.80 Å². The summed E-state index contributed by atoms with van der Waals surface area (Å²) in [5, 5.41) is 0. The molecule has 1 aliphatic rings. The van der Waals surface area contributed by atoms with Crippen molar-refractivity contribution in [3.8, 4) is 0 Å². The third kappa shape index (κ3) is 5.91. The van der Waals surface area contributed by atoms with Crippen LogP contribution in [0.1, 0.15) is 32.8 Å². The van der Waals surface area contributed by atoms with E-state index in [1.807, 2.05) is 42.2 Å². The maximum atomic E-state index is 12.6. The molecule has 1 amide bonds. The number of hydrogen-bond acceptors (Lipinski definition) is 3. The molecule has 1 fully saturated rings. The van der Waals surface area contributed by atoms with Crippen molar-refractivity contribution in [2.45, 2.75) is 39.2 Å². The second-order valence-electron chi connectivity index (χ2n) is 8.55. The van der Waals surface area contributed by atoms with Crippen LogP contribution in [0.15, 0.2) is 60.7 Å². The van der Waals surface area contributed by atoms with Gasteiger partial charge in [0, 0.05) is 56.9 Å². The molecule has 0 unspecified atom stereocenters. The first-order valence-corrected chi connectivity index (χ1v) is 10.9. The first-order chi connectivity index (χ1) is 14.0. The van der Waals surface area contributed by atoms with E-state index in [0.717, 1.165) is 44.8 Å². The van der Waals surface area contributed by atoms with Gasteiger partial charge in [-0.1, -0.05) is 55.5 Å². The summed E-state index contributed by atoms with van der Waals surface area (Å²) in [4.78, 5) is 19.7. The fourth-order valence-corrected chi connectivity index (χ4v) is 4.12. The quantitative estimate of drug-likeness (QED) is 0.676. The van der Waals surface area contributed by atoms with Crippen LogP contribution in [0.25, 0.3) is 0 Å². The number of hydrogen-bond donors (Lipinski definition) is 0. The average molecular weight is 394 g/mol. The molecular formula is C25H35N3O. The second kappa shape index (κ2) is 10.0. The van der Waals surface area contributed by atoms with Crippen LogP contribution in [0.5, 0.6) is 0 Å². The summed E-state index contributed by atoms with van der Waals surface area (Å²) in [6.45, 7) is 12.6. The molecular weight excluding hydrogens is 358 g/mol. The number of nitrogens with zero attached hydrogens (tertiary/aromatic N) is 3. The van der Waals surface area contributed by atoms with Crippen LogP contribution in [0.4, 0.5) is 5.69 Å². The Morgan fingerprint density at radius 2 is 1.52 bits per heavy atom. The first kappa shape index (κ1) is 21.5. The maximum Gasteiger partial charge on any atom is 0.226 e. The largest absolute Gasteiger partial charge is 0.311 e. The highest BCUT2D eigenvalue weighted by molar-refractivity contribution is 5.93. The molecule has 0 atom stereocenters. The first-order valence-electron chi connectivity index (χ1n) is 10.9. The lowest BCUT2D eigenvalue weighted by molar-refractivity contribution is -0.118. The van der Waals surface area contributed by atoms with E-state index in [-0.39, 0.29) is 11.4 Å². The van der Waals surface area contributed by atoms with Crippen LogP contribution < -0.4 is 4.90 Å². The summed E-state index contributed by atoms with van der Waals surface area (Å²) in [6, 6.07) is 20.8. The van der Waals surface area contributed by atoms with Crippen molar-refractivity contribution in [1.82, 2.24) is 9.80 Å². The van der Waals surface area contributed by atoms with Gasteiger partial charge in [0.25, 0.3) is 0 Å². The minimum atomic E-state index is -0.0633. The van der Waals surface area contributed by atoms with Gasteiger partial charge >= 0.3 is 0 Å². The molecule has 0 N–H and O–H groups in total. The number of amides is 1. The third-order valence-corrected chi connectivity index (χ3v) is 6.00. The molecule has 0 aliphatic carbocycles. The van der Waals surface area contributed by atoms with E-state index in [0.29, 0.717) is 13.0 Å². The predicted molar refractivity (Wildman–Crippen MR) is 121 cm³/mol. The lowest BCUT2D eigenvalue weighted by Gasteiger charge is -2.46. The van der Waals surface area contributed by atoms with Crippen molar-refractivity contribution in [3.05, 3.63) is 66.2 Å². The summed E-state index contributed by atoms with van der Waals surface area (Å²) < 4.78 is 0. The number of para-hydroxylation sites is 1. The van der Waals surface area contributed by atoms with Gasteiger partial charge in [0.2, 0.25) is 5.91 Å². The molecule has 0 spiro atoms. The fourth-order valence-electron chi connectivity index (χ4n) is 4.12. The Bertz CT molecular complexity index is 752. The highest BCUT2D eigenvalue weighted by Gasteiger charge is 2.33. The SMILES string of the molecule is CCC(=O)N(CC(C)(C)N1CCN(CCc2ccccc2)CC1)c1ccccc1. The standard InChI is InChI=1S/C25H35N3O/c1-4-24(29)28(23-13-9-6-10-14-23)21-25(2,3)27-19-17-26(18-20-27)16-15-22-11-7-5-8-12-22/h5-14H,4,15-21H2,1-3H3. The highest BCUT2D eigenvalue weighted by atomic mass is 16.2. The average Bonchev–Trinajstić information content (AvgIpc) is 2.77. The monoisotopic (exact) mass is 393 g/mol. The maximum absolute atomic E-state index is 12.6. The van der Waals surface area contributed by atoms with Gasteiger partial charge in [-0.15, -0.1) is 0 Å². The third-order valence-electron chi connectivity index (χ3n) is 6.00. The Hall–Kier alpha value is -2.17. The van der Waals surface area contributed by atoms with E-state index < -0.39 is 0 Å². The second-order valence-corrected chi connectivity index (χ2v) is 8.55. The normalized spacial score (nSPS) is 16.0. The van der Waals surface area contributed by atoms with Crippen molar-refractivity contribution in [2.24, 2.45) is 0 Å². The van der Waals surface area contributed by atoms with Crippen molar-refractivity contribution in [2.75, 3.05) is 44.2 Å². The Kier molecular flexibility index (Phi) is 7.45. The molecule has 2 aromatic carbocycles. The molecule has 1 aliphatic heterocycles.